The summed E-state index contributed by atoms with van der Waals surface area (Å²) in [5.41, 5.74) is 6.79. The van der Waals surface area contributed by atoms with Crippen LogP contribution >= 0.6 is 0 Å². The number of carbonyl (C=O) groups excluding carboxylic acids is 1. The molecule has 0 radical (unpaired) electrons. The fraction of sp³-hybridized carbons (Fsp3) is 0.455. The van der Waals surface area contributed by atoms with Gasteiger partial charge in [-0.25, -0.2) is 0 Å². The number of hydrogen-bond acceptors (Lipinski definition) is 3. The minimum atomic E-state index is -0.692. The Morgan fingerprint density at radius 1 is 1.60 bits per heavy atom. The molecule has 1 rings (SSSR count). The molecule has 1 heterocycles. The van der Waals surface area contributed by atoms with E-state index in [1.54, 1.807) is 26.2 Å². The van der Waals surface area contributed by atoms with E-state index >= 15 is 0 Å². The Labute approximate surface area is 89.9 Å². The zero-order valence-corrected chi connectivity index (χ0v) is 9.37. The fourth-order valence-electron chi connectivity index (χ4n) is 1.09. The molecule has 0 aromatic carbocycles. The van der Waals surface area contributed by atoms with Crippen molar-refractivity contribution in [1.82, 2.24) is 10.3 Å². The lowest BCUT2D eigenvalue weighted by atomic mass is 10.0. The van der Waals surface area contributed by atoms with Crippen molar-refractivity contribution in [2.75, 3.05) is 0 Å². The average molecular weight is 207 g/mol. The summed E-state index contributed by atoms with van der Waals surface area (Å²) in [6.07, 6.45) is 3.54. The Morgan fingerprint density at radius 2 is 2.27 bits per heavy atom. The summed E-state index contributed by atoms with van der Waals surface area (Å²) >= 11 is 0. The van der Waals surface area contributed by atoms with Gasteiger partial charge in [0.05, 0.1) is 5.54 Å². The van der Waals surface area contributed by atoms with E-state index < -0.39 is 5.54 Å². The van der Waals surface area contributed by atoms with Crippen molar-refractivity contribution < 1.29 is 4.79 Å². The summed E-state index contributed by atoms with van der Waals surface area (Å²) < 4.78 is 0. The number of aromatic nitrogens is 1. The molecule has 0 aliphatic carbocycles. The van der Waals surface area contributed by atoms with Crippen LogP contribution in [0.25, 0.3) is 0 Å². The van der Waals surface area contributed by atoms with Gasteiger partial charge in [-0.15, -0.1) is 0 Å². The number of primary amides is 1. The predicted molar refractivity (Wildman–Crippen MR) is 59.1 cm³/mol. The molecule has 82 valence electrons. The molecule has 1 aromatic rings. The number of carbonyl (C=O) groups is 1. The second-order valence-electron chi connectivity index (χ2n) is 4.14. The normalized spacial score (nSPS) is 11.4. The molecule has 0 unspecified atom stereocenters. The number of rotatable bonds is 4. The molecule has 15 heavy (non-hydrogen) atoms. The van der Waals surface area contributed by atoms with E-state index in [1.165, 1.54) is 0 Å². The van der Waals surface area contributed by atoms with Crippen LogP contribution in [-0.2, 0) is 11.3 Å². The average Bonchev–Trinajstić information content (AvgIpc) is 2.16. The van der Waals surface area contributed by atoms with E-state index in [-0.39, 0.29) is 5.91 Å². The Balaban J connectivity index is 2.66. The molecule has 0 aliphatic rings. The topological polar surface area (TPSA) is 68.0 Å². The zero-order valence-electron chi connectivity index (χ0n) is 9.37. The summed E-state index contributed by atoms with van der Waals surface area (Å²) in [4.78, 5) is 15.1. The summed E-state index contributed by atoms with van der Waals surface area (Å²) in [5, 5.41) is 3.10. The van der Waals surface area contributed by atoms with Crippen molar-refractivity contribution in [3.8, 4) is 0 Å². The molecule has 0 saturated heterocycles. The van der Waals surface area contributed by atoms with Gasteiger partial charge in [0.25, 0.3) is 0 Å². The van der Waals surface area contributed by atoms with Crippen LogP contribution < -0.4 is 11.1 Å². The number of pyridine rings is 1. The highest BCUT2D eigenvalue weighted by atomic mass is 16.1. The lowest BCUT2D eigenvalue weighted by molar-refractivity contribution is -0.123. The highest BCUT2D eigenvalue weighted by Crippen LogP contribution is 2.07. The highest BCUT2D eigenvalue weighted by Gasteiger charge is 2.23. The zero-order chi connectivity index (χ0) is 11.5. The van der Waals surface area contributed by atoms with Gasteiger partial charge in [0.2, 0.25) is 5.91 Å². The number of amides is 1. The van der Waals surface area contributed by atoms with E-state index in [9.17, 15) is 4.79 Å². The molecule has 4 nitrogen and oxygen atoms in total. The Kier molecular flexibility index (Phi) is 3.42. The van der Waals surface area contributed by atoms with Crippen molar-refractivity contribution in [1.29, 1.82) is 0 Å². The molecule has 4 heteroatoms. The van der Waals surface area contributed by atoms with Gasteiger partial charge in [-0.3, -0.25) is 15.1 Å². The Bertz CT molecular complexity index is 361. The first-order valence-electron chi connectivity index (χ1n) is 4.88. The molecule has 0 spiro atoms. The number of hydrogen-bond donors (Lipinski definition) is 2. The van der Waals surface area contributed by atoms with Crippen LogP contribution in [0.5, 0.6) is 0 Å². The molecule has 0 saturated carbocycles. The molecule has 1 aromatic heterocycles. The molecular formula is C11H17N3O. The smallest absolute Gasteiger partial charge is 0.237 e. The first-order valence-corrected chi connectivity index (χ1v) is 4.88. The van der Waals surface area contributed by atoms with Crippen molar-refractivity contribution in [2.24, 2.45) is 5.73 Å². The minimum Gasteiger partial charge on any atom is -0.368 e. The second-order valence-corrected chi connectivity index (χ2v) is 4.14. The highest BCUT2D eigenvalue weighted by molar-refractivity contribution is 5.83. The van der Waals surface area contributed by atoms with Gasteiger partial charge in [0.15, 0.2) is 0 Å². The molecule has 0 fully saturated rings. The SMILES string of the molecule is Cc1ccncc1CNC(C)(C)C(N)=O. The van der Waals surface area contributed by atoms with Gasteiger partial charge in [0, 0.05) is 18.9 Å². The monoisotopic (exact) mass is 207 g/mol. The maximum Gasteiger partial charge on any atom is 0.237 e. The Morgan fingerprint density at radius 3 is 2.80 bits per heavy atom. The third kappa shape index (κ3) is 3.02. The summed E-state index contributed by atoms with van der Waals surface area (Å²) in [6, 6.07) is 1.94. The van der Waals surface area contributed by atoms with Gasteiger partial charge in [-0.05, 0) is 38.0 Å². The first kappa shape index (κ1) is 11.7. The lowest BCUT2D eigenvalue weighted by Crippen LogP contribution is -2.50. The minimum absolute atomic E-state index is 0.357. The second kappa shape index (κ2) is 4.40. The van der Waals surface area contributed by atoms with Crippen molar-refractivity contribution >= 4 is 5.91 Å². The molecule has 0 atom stereocenters. The molecule has 1 amide bonds. The molecule has 3 N–H and O–H groups in total. The van der Waals surface area contributed by atoms with E-state index in [0.717, 1.165) is 11.1 Å². The van der Waals surface area contributed by atoms with Crippen molar-refractivity contribution in [2.45, 2.75) is 32.9 Å². The lowest BCUT2D eigenvalue weighted by Gasteiger charge is -2.22. The van der Waals surface area contributed by atoms with Gasteiger partial charge in [-0.2, -0.15) is 0 Å². The largest absolute Gasteiger partial charge is 0.368 e. The van der Waals surface area contributed by atoms with Crippen LogP contribution in [0.2, 0.25) is 0 Å². The van der Waals surface area contributed by atoms with Gasteiger partial charge < -0.3 is 5.73 Å². The van der Waals surface area contributed by atoms with Gasteiger partial charge in [0.1, 0.15) is 0 Å². The van der Waals surface area contributed by atoms with Crippen molar-refractivity contribution in [3.63, 3.8) is 0 Å². The van der Waals surface area contributed by atoms with E-state index in [0.29, 0.717) is 6.54 Å². The standard InChI is InChI=1S/C11H17N3O/c1-8-4-5-13-6-9(8)7-14-11(2,3)10(12)15/h4-6,14H,7H2,1-3H3,(H2,12,15). The first-order chi connectivity index (χ1) is 6.93. The summed E-state index contributed by atoms with van der Waals surface area (Å²) in [5.74, 6) is -0.357. The van der Waals surface area contributed by atoms with Gasteiger partial charge in [-0.1, -0.05) is 0 Å². The van der Waals surface area contributed by atoms with Crippen LogP contribution in [0.3, 0.4) is 0 Å². The van der Waals surface area contributed by atoms with Crippen LogP contribution in [-0.4, -0.2) is 16.4 Å². The molecule has 0 aliphatic heterocycles. The molecular weight excluding hydrogens is 190 g/mol. The summed E-state index contributed by atoms with van der Waals surface area (Å²) in [6.45, 7) is 6.13. The molecule has 0 bridgehead atoms. The number of aryl methyl sites for hydroxylation is 1. The maximum atomic E-state index is 11.1. The fourth-order valence-corrected chi connectivity index (χ4v) is 1.09. The van der Waals surface area contributed by atoms with E-state index in [1.807, 2.05) is 13.0 Å². The number of nitrogens with two attached hydrogens (primary N) is 1. The third-order valence-electron chi connectivity index (χ3n) is 2.48. The van der Waals surface area contributed by atoms with E-state index in [2.05, 4.69) is 10.3 Å². The number of nitrogens with one attached hydrogen (secondary N) is 1. The Hall–Kier alpha value is -1.42. The van der Waals surface area contributed by atoms with Crippen LogP contribution in [0.1, 0.15) is 25.0 Å². The predicted octanol–water partition coefficient (Wildman–Crippen LogP) is 0.744. The van der Waals surface area contributed by atoms with Gasteiger partial charge >= 0.3 is 0 Å². The van der Waals surface area contributed by atoms with Crippen LogP contribution in [0, 0.1) is 6.92 Å². The third-order valence-corrected chi connectivity index (χ3v) is 2.48. The summed E-state index contributed by atoms with van der Waals surface area (Å²) in [7, 11) is 0. The number of nitrogens with zero attached hydrogens (tertiary/aromatic N) is 1. The van der Waals surface area contributed by atoms with Crippen LogP contribution in [0.15, 0.2) is 18.5 Å². The van der Waals surface area contributed by atoms with Crippen LogP contribution in [0.4, 0.5) is 0 Å². The van der Waals surface area contributed by atoms with E-state index in [4.69, 9.17) is 5.73 Å². The maximum absolute atomic E-state index is 11.1. The van der Waals surface area contributed by atoms with Crippen molar-refractivity contribution in [3.05, 3.63) is 29.6 Å². The quantitative estimate of drug-likeness (QED) is 0.765.